The zero-order chi connectivity index (χ0) is 12.1. The highest BCUT2D eigenvalue weighted by molar-refractivity contribution is 8.01. The topological polar surface area (TPSA) is 59.1 Å². The Kier molecular flexibility index (Phi) is 4.17. The standard InChI is InChI=1S/C12H14N2OS2/c13-12(8-15,10-4-2-1-3-5-10)9-17-11-14-6-7-16-11/h1-7,15H,8-9,13H2. The fraction of sp³-hybridized carbons (Fsp3) is 0.250. The van der Waals surface area contributed by atoms with Gasteiger partial charge in [0, 0.05) is 17.3 Å². The molecule has 2 rings (SSSR count). The van der Waals surface area contributed by atoms with Crippen molar-refractivity contribution < 1.29 is 5.11 Å². The second-order valence-corrected chi connectivity index (χ2v) is 5.88. The first-order valence-electron chi connectivity index (χ1n) is 5.22. The smallest absolute Gasteiger partial charge is 0.149 e. The molecule has 0 aliphatic heterocycles. The molecule has 0 aliphatic rings. The van der Waals surface area contributed by atoms with E-state index in [1.165, 1.54) is 0 Å². The minimum absolute atomic E-state index is 0.0740. The number of benzene rings is 1. The molecule has 0 saturated carbocycles. The van der Waals surface area contributed by atoms with Gasteiger partial charge in [-0.1, -0.05) is 42.1 Å². The lowest BCUT2D eigenvalue weighted by atomic mass is 9.94. The van der Waals surface area contributed by atoms with Crippen molar-refractivity contribution in [3.63, 3.8) is 0 Å². The number of aliphatic hydroxyl groups is 1. The summed E-state index contributed by atoms with van der Waals surface area (Å²) >= 11 is 3.16. The number of nitrogens with two attached hydrogens (primary N) is 1. The minimum atomic E-state index is -0.711. The highest BCUT2D eigenvalue weighted by atomic mass is 32.2. The Labute approximate surface area is 109 Å². The molecule has 1 atom stereocenters. The molecular formula is C12H14N2OS2. The predicted molar refractivity (Wildman–Crippen MR) is 72.2 cm³/mol. The lowest BCUT2D eigenvalue weighted by Crippen LogP contribution is -2.43. The van der Waals surface area contributed by atoms with Gasteiger partial charge in [-0.25, -0.2) is 4.98 Å². The van der Waals surface area contributed by atoms with E-state index in [0.29, 0.717) is 5.75 Å². The van der Waals surface area contributed by atoms with Gasteiger partial charge in [0.15, 0.2) is 0 Å². The zero-order valence-corrected chi connectivity index (χ0v) is 10.9. The fourth-order valence-corrected chi connectivity index (χ4v) is 3.21. The van der Waals surface area contributed by atoms with Crippen LogP contribution in [-0.4, -0.2) is 22.5 Å². The first kappa shape index (κ1) is 12.6. The maximum Gasteiger partial charge on any atom is 0.149 e. The minimum Gasteiger partial charge on any atom is -0.394 e. The zero-order valence-electron chi connectivity index (χ0n) is 9.24. The van der Waals surface area contributed by atoms with E-state index in [4.69, 9.17) is 5.73 Å². The van der Waals surface area contributed by atoms with Crippen molar-refractivity contribution in [2.45, 2.75) is 9.88 Å². The van der Waals surface area contributed by atoms with Crippen LogP contribution in [0.25, 0.3) is 0 Å². The van der Waals surface area contributed by atoms with Gasteiger partial charge in [-0.15, -0.1) is 11.3 Å². The van der Waals surface area contributed by atoms with Crippen LogP contribution < -0.4 is 5.73 Å². The molecule has 1 aromatic carbocycles. The second kappa shape index (κ2) is 5.64. The molecule has 90 valence electrons. The van der Waals surface area contributed by atoms with Gasteiger partial charge < -0.3 is 10.8 Å². The quantitative estimate of drug-likeness (QED) is 0.814. The highest BCUT2D eigenvalue weighted by Crippen LogP contribution is 2.28. The lowest BCUT2D eigenvalue weighted by Gasteiger charge is -2.26. The summed E-state index contributed by atoms with van der Waals surface area (Å²) in [6.45, 7) is -0.0740. The number of hydrogen-bond donors (Lipinski definition) is 2. The number of rotatable bonds is 5. The first-order valence-corrected chi connectivity index (χ1v) is 7.09. The van der Waals surface area contributed by atoms with E-state index in [-0.39, 0.29) is 6.61 Å². The van der Waals surface area contributed by atoms with E-state index >= 15 is 0 Å². The van der Waals surface area contributed by atoms with Gasteiger partial charge in [0.25, 0.3) is 0 Å². The molecule has 5 heteroatoms. The van der Waals surface area contributed by atoms with Gasteiger partial charge in [-0.3, -0.25) is 0 Å². The summed E-state index contributed by atoms with van der Waals surface area (Å²) < 4.78 is 0.976. The molecule has 0 bridgehead atoms. The van der Waals surface area contributed by atoms with Crippen LogP contribution in [0.1, 0.15) is 5.56 Å². The van der Waals surface area contributed by atoms with E-state index in [1.807, 2.05) is 35.7 Å². The van der Waals surface area contributed by atoms with Crippen LogP contribution in [-0.2, 0) is 5.54 Å². The van der Waals surface area contributed by atoms with E-state index < -0.39 is 5.54 Å². The Balaban J connectivity index is 2.09. The first-order chi connectivity index (χ1) is 8.24. The van der Waals surface area contributed by atoms with Crippen molar-refractivity contribution in [2.75, 3.05) is 12.4 Å². The number of nitrogens with zero attached hydrogens (tertiary/aromatic N) is 1. The number of aliphatic hydroxyl groups excluding tert-OH is 1. The van der Waals surface area contributed by atoms with Crippen LogP contribution in [0.5, 0.6) is 0 Å². The molecule has 0 radical (unpaired) electrons. The van der Waals surface area contributed by atoms with Gasteiger partial charge in [-0.05, 0) is 5.56 Å². The SMILES string of the molecule is NC(CO)(CSc1nccs1)c1ccccc1. The largest absolute Gasteiger partial charge is 0.394 e. The Bertz CT molecular complexity index is 447. The van der Waals surface area contributed by atoms with Gasteiger partial charge in [0.2, 0.25) is 0 Å². The summed E-state index contributed by atoms with van der Waals surface area (Å²) in [5, 5.41) is 11.4. The molecule has 1 aromatic heterocycles. The predicted octanol–water partition coefficient (Wildman–Crippen LogP) is 2.08. The lowest BCUT2D eigenvalue weighted by molar-refractivity contribution is 0.213. The molecule has 0 aliphatic carbocycles. The Morgan fingerprint density at radius 2 is 2.12 bits per heavy atom. The molecule has 0 saturated heterocycles. The molecule has 3 N–H and O–H groups in total. The van der Waals surface area contributed by atoms with Gasteiger partial charge in [0.05, 0.1) is 12.1 Å². The normalized spacial score (nSPS) is 14.5. The second-order valence-electron chi connectivity index (χ2n) is 3.77. The van der Waals surface area contributed by atoms with Crippen LogP contribution in [0.4, 0.5) is 0 Å². The van der Waals surface area contributed by atoms with Crippen molar-refractivity contribution in [1.82, 2.24) is 4.98 Å². The summed E-state index contributed by atoms with van der Waals surface area (Å²) in [7, 11) is 0. The number of thioether (sulfide) groups is 1. The number of aromatic nitrogens is 1. The van der Waals surface area contributed by atoms with Crippen LogP contribution in [0, 0.1) is 0 Å². The van der Waals surface area contributed by atoms with Crippen molar-refractivity contribution in [3.05, 3.63) is 47.5 Å². The Morgan fingerprint density at radius 3 is 2.71 bits per heavy atom. The van der Waals surface area contributed by atoms with E-state index in [2.05, 4.69) is 4.98 Å². The average molecular weight is 266 g/mol. The summed E-state index contributed by atoms with van der Waals surface area (Å²) in [5.74, 6) is 0.612. The monoisotopic (exact) mass is 266 g/mol. The van der Waals surface area contributed by atoms with Gasteiger partial charge in [-0.2, -0.15) is 0 Å². The van der Waals surface area contributed by atoms with E-state index in [0.717, 1.165) is 9.90 Å². The molecule has 17 heavy (non-hydrogen) atoms. The van der Waals surface area contributed by atoms with Gasteiger partial charge >= 0.3 is 0 Å². The van der Waals surface area contributed by atoms with Crippen LogP contribution in [0.2, 0.25) is 0 Å². The average Bonchev–Trinajstić information content (AvgIpc) is 2.90. The third kappa shape index (κ3) is 3.07. The molecule has 2 aromatic rings. The maximum atomic E-state index is 9.51. The maximum absolute atomic E-state index is 9.51. The third-order valence-electron chi connectivity index (χ3n) is 2.49. The summed E-state index contributed by atoms with van der Waals surface area (Å²) in [6.07, 6.45) is 1.77. The third-order valence-corrected chi connectivity index (χ3v) is 4.71. The van der Waals surface area contributed by atoms with Crippen LogP contribution in [0.15, 0.2) is 46.2 Å². The molecule has 1 heterocycles. The molecular weight excluding hydrogens is 252 g/mol. The Hall–Kier alpha value is -0.880. The molecule has 1 unspecified atom stereocenters. The fourth-order valence-electron chi connectivity index (χ4n) is 1.46. The van der Waals surface area contributed by atoms with Gasteiger partial charge in [0.1, 0.15) is 4.34 Å². The number of hydrogen-bond acceptors (Lipinski definition) is 5. The van der Waals surface area contributed by atoms with Crippen molar-refractivity contribution >= 4 is 23.1 Å². The van der Waals surface area contributed by atoms with Crippen LogP contribution >= 0.6 is 23.1 Å². The summed E-state index contributed by atoms with van der Waals surface area (Å²) in [5.41, 5.74) is 6.48. The van der Waals surface area contributed by atoms with Crippen molar-refractivity contribution in [3.8, 4) is 0 Å². The van der Waals surface area contributed by atoms with Crippen molar-refractivity contribution in [1.29, 1.82) is 0 Å². The van der Waals surface area contributed by atoms with E-state index in [9.17, 15) is 5.11 Å². The highest BCUT2D eigenvalue weighted by Gasteiger charge is 2.26. The molecule has 0 fully saturated rings. The Morgan fingerprint density at radius 1 is 1.35 bits per heavy atom. The molecule has 0 spiro atoms. The van der Waals surface area contributed by atoms with Crippen LogP contribution in [0.3, 0.4) is 0 Å². The molecule has 3 nitrogen and oxygen atoms in total. The number of thiazole rings is 1. The summed E-state index contributed by atoms with van der Waals surface area (Å²) in [6, 6.07) is 9.69. The molecule has 0 amide bonds. The van der Waals surface area contributed by atoms with E-state index in [1.54, 1.807) is 29.3 Å². The summed E-state index contributed by atoms with van der Waals surface area (Å²) in [4.78, 5) is 4.19. The van der Waals surface area contributed by atoms with Crippen molar-refractivity contribution in [2.24, 2.45) is 5.73 Å².